The zero-order valence-electron chi connectivity index (χ0n) is 10.6. The quantitative estimate of drug-likeness (QED) is 0.785. The lowest BCUT2D eigenvalue weighted by atomic mass is 10.1. The maximum absolute atomic E-state index is 11.0. The topological polar surface area (TPSA) is 89.1 Å². The number of rotatable bonds is 3. The molecule has 0 fully saturated rings. The summed E-state index contributed by atoms with van der Waals surface area (Å²) in [6.07, 6.45) is 2.94. The Balaban J connectivity index is 2.05. The lowest BCUT2D eigenvalue weighted by Crippen LogP contribution is -2.11. The molecule has 3 aromatic rings. The van der Waals surface area contributed by atoms with E-state index in [1.54, 1.807) is 19.2 Å². The molecule has 20 heavy (non-hydrogen) atoms. The second-order valence-electron chi connectivity index (χ2n) is 4.39. The normalized spacial score (nSPS) is 12.4. The Morgan fingerprint density at radius 3 is 2.95 bits per heavy atom. The molecule has 1 unspecified atom stereocenters. The van der Waals surface area contributed by atoms with Crippen molar-refractivity contribution < 1.29 is 14.3 Å². The maximum atomic E-state index is 11.0. The zero-order chi connectivity index (χ0) is 14.1. The van der Waals surface area contributed by atoms with Crippen LogP contribution in [0.1, 0.15) is 18.7 Å². The molecule has 0 saturated carbocycles. The second-order valence-corrected chi connectivity index (χ2v) is 4.39. The van der Waals surface area contributed by atoms with Gasteiger partial charge in [0.15, 0.2) is 12.0 Å². The molecule has 3 rings (SSSR count). The van der Waals surface area contributed by atoms with Crippen LogP contribution in [0, 0.1) is 0 Å². The number of carbonyl (C=O) groups is 1. The number of aromatic nitrogens is 3. The molecule has 6 nitrogen and oxygen atoms in total. The van der Waals surface area contributed by atoms with Gasteiger partial charge >= 0.3 is 5.97 Å². The van der Waals surface area contributed by atoms with Crippen LogP contribution in [0.2, 0.25) is 0 Å². The van der Waals surface area contributed by atoms with Crippen LogP contribution in [0.25, 0.3) is 22.4 Å². The highest BCUT2D eigenvalue weighted by Gasteiger charge is 2.17. The molecule has 6 heteroatoms. The van der Waals surface area contributed by atoms with Gasteiger partial charge in [-0.2, -0.15) is 0 Å². The van der Waals surface area contributed by atoms with Crippen LogP contribution in [-0.2, 0) is 4.79 Å². The number of fused-ring (bicyclic) bond motifs is 1. The summed E-state index contributed by atoms with van der Waals surface area (Å²) in [4.78, 5) is 23.3. The molecule has 1 aromatic carbocycles. The summed E-state index contributed by atoms with van der Waals surface area (Å²) in [5, 5.41) is 9.01. The molecule has 2 aromatic heterocycles. The van der Waals surface area contributed by atoms with E-state index in [0.717, 1.165) is 11.1 Å². The number of nitrogens with zero attached hydrogens (tertiary/aromatic N) is 3. The number of hydrogen-bond donors (Lipinski definition) is 1. The molecule has 0 aliphatic rings. The Bertz CT molecular complexity index is 782. The average Bonchev–Trinajstić information content (AvgIpc) is 2.93. The molecule has 0 radical (unpaired) electrons. The van der Waals surface area contributed by atoms with Crippen molar-refractivity contribution in [3.8, 4) is 11.3 Å². The van der Waals surface area contributed by atoms with Crippen LogP contribution in [-0.4, -0.2) is 26.0 Å². The van der Waals surface area contributed by atoms with Gasteiger partial charge in [0.05, 0.1) is 5.69 Å². The minimum Gasteiger partial charge on any atom is -0.481 e. The number of carboxylic acids is 1. The van der Waals surface area contributed by atoms with Gasteiger partial charge in [-0.25, -0.2) is 15.0 Å². The van der Waals surface area contributed by atoms with Crippen molar-refractivity contribution in [3.63, 3.8) is 0 Å². The third-order valence-corrected chi connectivity index (χ3v) is 3.06. The van der Waals surface area contributed by atoms with Crippen molar-refractivity contribution in [2.24, 2.45) is 0 Å². The van der Waals surface area contributed by atoms with Crippen molar-refractivity contribution in [3.05, 3.63) is 42.7 Å². The van der Waals surface area contributed by atoms with Gasteiger partial charge in [-0.15, -0.1) is 0 Å². The van der Waals surface area contributed by atoms with Gasteiger partial charge in [-0.05, 0) is 25.1 Å². The summed E-state index contributed by atoms with van der Waals surface area (Å²) in [5.41, 5.74) is 2.91. The summed E-state index contributed by atoms with van der Waals surface area (Å²) in [7, 11) is 0. The van der Waals surface area contributed by atoms with Crippen LogP contribution >= 0.6 is 0 Å². The third kappa shape index (κ3) is 2.11. The van der Waals surface area contributed by atoms with Gasteiger partial charge in [0, 0.05) is 11.8 Å². The first-order valence-corrected chi connectivity index (χ1v) is 6.04. The lowest BCUT2D eigenvalue weighted by Gasteiger charge is -2.06. The molecule has 0 spiro atoms. The fraction of sp³-hybridized carbons (Fsp3) is 0.143. The van der Waals surface area contributed by atoms with E-state index in [-0.39, 0.29) is 5.82 Å². The summed E-state index contributed by atoms with van der Waals surface area (Å²) >= 11 is 0. The number of benzene rings is 1. The zero-order valence-corrected chi connectivity index (χ0v) is 10.6. The minimum absolute atomic E-state index is 0.285. The number of hydrogen-bond acceptors (Lipinski definition) is 5. The first-order chi connectivity index (χ1) is 9.65. The monoisotopic (exact) mass is 269 g/mol. The third-order valence-electron chi connectivity index (χ3n) is 3.06. The summed E-state index contributed by atoms with van der Waals surface area (Å²) in [5.74, 6) is -1.41. The van der Waals surface area contributed by atoms with E-state index in [1.165, 1.54) is 6.39 Å². The van der Waals surface area contributed by atoms with Crippen LogP contribution in [0.3, 0.4) is 0 Å². The summed E-state index contributed by atoms with van der Waals surface area (Å²) < 4.78 is 5.25. The first-order valence-electron chi connectivity index (χ1n) is 6.04. The van der Waals surface area contributed by atoms with Gasteiger partial charge in [-0.1, -0.05) is 6.07 Å². The highest BCUT2D eigenvalue weighted by Crippen LogP contribution is 2.23. The number of carboxylic acid groups (broad SMARTS) is 1. The molecular weight excluding hydrogens is 258 g/mol. The van der Waals surface area contributed by atoms with E-state index < -0.39 is 11.9 Å². The van der Waals surface area contributed by atoms with Crippen LogP contribution in [0.15, 0.2) is 41.3 Å². The predicted molar refractivity (Wildman–Crippen MR) is 71.1 cm³/mol. The minimum atomic E-state index is -0.951. The van der Waals surface area contributed by atoms with E-state index in [1.807, 2.05) is 18.2 Å². The summed E-state index contributed by atoms with van der Waals surface area (Å²) in [6.45, 7) is 1.56. The molecule has 0 aliphatic carbocycles. The van der Waals surface area contributed by atoms with Gasteiger partial charge in [0.2, 0.25) is 0 Å². The Hall–Kier alpha value is -2.76. The SMILES string of the molecule is CC(C(=O)O)c1nccc(-c2ccc3ncoc3c2)n1. The molecule has 0 aliphatic heterocycles. The highest BCUT2D eigenvalue weighted by molar-refractivity contribution is 5.79. The van der Waals surface area contributed by atoms with Crippen LogP contribution < -0.4 is 0 Å². The molecular formula is C14H11N3O3. The van der Waals surface area contributed by atoms with Crippen molar-refractivity contribution in [2.75, 3.05) is 0 Å². The molecule has 0 saturated heterocycles. The molecule has 1 atom stereocenters. The van der Waals surface area contributed by atoms with E-state index in [0.29, 0.717) is 11.3 Å². The predicted octanol–water partition coefficient (Wildman–Crippen LogP) is 2.47. The van der Waals surface area contributed by atoms with Gasteiger partial charge in [-0.3, -0.25) is 4.79 Å². The fourth-order valence-corrected chi connectivity index (χ4v) is 1.87. The van der Waals surface area contributed by atoms with Crippen molar-refractivity contribution >= 4 is 17.1 Å². The first kappa shape index (κ1) is 12.3. The standard InChI is InChI=1S/C14H11N3O3/c1-8(14(18)19)13-15-5-4-10(17-13)9-2-3-11-12(6-9)20-7-16-11/h2-8H,1H3,(H,18,19). The molecule has 0 bridgehead atoms. The number of aliphatic carboxylic acids is 1. The van der Waals surface area contributed by atoms with E-state index in [2.05, 4.69) is 15.0 Å². The Morgan fingerprint density at radius 2 is 2.15 bits per heavy atom. The summed E-state index contributed by atoms with van der Waals surface area (Å²) in [6, 6.07) is 7.24. The van der Waals surface area contributed by atoms with Gasteiger partial charge in [0.1, 0.15) is 17.3 Å². The van der Waals surface area contributed by atoms with E-state index in [9.17, 15) is 4.79 Å². The van der Waals surface area contributed by atoms with Gasteiger partial charge in [0.25, 0.3) is 0 Å². The van der Waals surface area contributed by atoms with Crippen LogP contribution in [0.4, 0.5) is 0 Å². The lowest BCUT2D eigenvalue weighted by molar-refractivity contribution is -0.138. The van der Waals surface area contributed by atoms with Crippen LogP contribution in [0.5, 0.6) is 0 Å². The van der Waals surface area contributed by atoms with Crippen molar-refractivity contribution in [1.82, 2.24) is 15.0 Å². The highest BCUT2D eigenvalue weighted by atomic mass is 16.4. The molecule has 1 N–H and O–H groups in total. The van der Waals surface area contributed by atoms with Crippen molar-refractivity contribution in [1.29, 1.82) is 0 Å². The molecule has 100 valence electrons. The van der Waals surface area contributed by atoms with Gasteiger partial charge < -0.3 is 9.52 Å². The Labute approximate surface area is 114 Å². The number of oxazole rings is 1. The second kappa shape index (κ2) is 4.73. The largest absolute Gasteiger partial charge is 0.481 e. The fourth-order valence-electron chi connectivity index (χ4n) is 1.87. The maximum Gasteiger partial charge on any atom is 0.313 e. The Kier molecular flexibility index (Phi) is 2.90. The van der Waals surface area contributed by atoms with E-state index in [4.69, 9.17) is 9.52 Å². The van der Waals surface area contributed by atoms with E-state index >= 15 is 0 Å². The smallest absolute Gasteiger partial charge is 0.313 e. The van der Waals surface area contributed by atoms with Crippen molar-refractivity contribution in [2.45, 2.75) is 12.8 Å². The molecule has 0 amide bonds. The molecule has 2 heterocycles. The Morgan fingerprint density at radius 1 is 1.30 bits per heavy atom. The average molecular weight is 269 g/mol.